The second-order valence-electron chi connectivity index (χ2n) is 4.13. The minimum Gasteiger partial charge on any atom is -0.264 e. The van der Waals surface area contributed by atoms with Crippen LogP contribution in [-0.4, -0.2) is 9.91 Å². The van der Waals surface area contributed by atoms with E-state index in [-0.39, 0.29) is 10.6 Å². The molecule has 4 heteroatoms. The molecule has 0 atom stereocenters. The summed E-state index contributed by atoms with van der Waals surface area (Å²) in [5.74, 6) is 0. The highest BCUT2D eigenvalue weighted by atomic mass is 16.6. The number of rotatable bonds is 1. The lowest BCUT2D eigenvalue weighted by molar-refractivity contribution is -0.384. The van der Waals surface area contributed by atoms with E-state index in [1.54, 1.807) is 18.3 Å². The lowest BCUT2D eigenvalue weighted by Gasteiger charge is -2.18. The van der Waals surface area contributed by atoms with Gasteiger partial charge in [0.05, 0.1) is 4.92 Å². The van der Waals surface area contributed by atoms with Gasteiger partial charge in [-0.05, 0) is 41.2 Å². The quantitative estimate of drug-likeness (QED) is 0.555. The Hall–Kier alpha value is -2.23. The Morgan fingerprint density at radius 3 is 2.76 bits per heavy atom. The Morgan fingerprint density at radius 2 is 1.94 bits per heavy atom. The predicted octanol–water partition coefficient (Wildman–Crippen LogP) is 2.76. The maximum atomic E-state index is 10.8. The van der Waals surface area contributed by atoms with Gasteiger partial charge in [-0.1, -0.05) is 6.07 Å². The minimum absolute atomic E-state index is 0.147. The smallest absolute Gasteiger partial charge is 0.264 e. The van der Waals surface area contributed by atoms with Crippen LogP contribution >= 0.6 is 0 Å². The average Bonchev–Trinajstić information content (AvgIpc) is 2.38. The van der Waals surface area contributed by atoms with Crippen molar-refractivity contribution < 1.29 is 4.92 Å². The number of pyridine rings is 1. The molecule has 0 radical (unpaired) electrons. The van der Waals surface area contributed by atoms with Gasteiger partial charge in [0.15, 0.2) is 0 Å². The molecule has 4 nitrogen and oxygen atoms in total. The number of nitro groups is 1. The van der Waals surface area contributed by atoms with Crippen LogP contribution in [-0.2, 0) is 12.8 Å². The first-order valence-electron chi connectivity index (χ1n) is 5.46. The molecular formula is C13H10N2O2. The van der Waals surface area contributed by atoms with Crippen LogP contribution in [0.2, 0.25) is 0 Å². The van der Waals surface area contributed by atoms with Gasteiger partial charge in [0, 0.05) is 24.5 Å². The van der Waals surface area contributed by atoms with Gasteiger partial charge in [0.2, 0.25) is 0 Å². The molecule has 0 unspecified atom stereocenters. The molecule has 2 aromatic rings. The third kappa shape index (κ3) is 1.58. The predicted molar refractivity (Wildman–Crippen MR) is 63.7 cm³/mol. The van der Waals surface area contributed by atoms with Crippen molar-refractivity contribution in [3.05, 3.63) is 57.9 Å². The van der Waals surface area contributed by atoms with Crippen molar-refractivity contribution in [2.75, 3.05) is 0 Å². The van der Waals surface area contributed by atoms with Crippen LogP contribution in [0.15, 0.2) is 36.7 Å². The first kappa shape index (κ1) is 9.96. The Kier molecular flexibility index (Phi) is 2.14. The zero-order chi connectivity index (χ0) is 11.8. The summed E-state index contributed by atoms with van der Waals surface area (Å²) < 4.78 is 0. The van der Waals surface area contributed by atoms with Crippen molar-refractivity contribution in [3.63, 3.8) is 0 Å². The summed E-state index contributed by atoms with van der Waals surface area (Å²) in [4.78, 5) is 14.5. The molecule has 0 aliphatic heterocycles. The highest BCUT2D eigenvalue weighted by Crippen LogP contribution is 2.34. The molecule has 1 aromatic carbocycles. The number of hydrogen-bond donors (Lipinski definition) is 0. The van der Waals surface area contributed by atoms with Crippen molar-refractivity contribution in [2.45, 2.75) is 12.8 Å². The fourth-order valence-electron chi connectivity index (χ4n) is 2.31. The first-order chi connectivity index (χ1) is 8.25. The van der Waals surface area contributed by atoms with Crippen molar-refractivity contribution in [2.24, 2.45) is 0 Å². The van der Waals surface area contributed by atoms with Crippen molar-refractivity contribution >= 4 is 5.69 Å². The topological polar surface area (TPSA) is 56.0 Å². The van der Waals surface area contributed by atoms with E-state index in [1.165, 1.54) is 11.1 Å². The van der Waals surface area contributed by atoms with E-state index in [4.69, 9.17) is 0 Å². The maximum Gasteiger partial charge on any atom is 0.270 e. The molecule has 0 amide bonds. The van der Waals surface area contributed by atoms with Gasteiger partial charge >= 0.3 is 0 Å². The largest absolute Gasteiger partial charge is 0.270 e. The third-order valence-electron chi connectivity index (χ3n) is 3.16. The number of benzene rings is 1. The second kappa shape index (κ2) is 3.66. The van der Waals surface area contributed by atoms with Crippen molar-refractivity contribution in [1.29, 1.82) is 0 Å². The number of non-ortho nitro benzene ring substituents is 1. The number of hydrogen-bond acceptors (Lipinski definition) is 3. The van der Waals surface area contributed by atoms with Crippen LogP contribution in [0.3, 0.4) is 0 Å². The molecule has 1 aliphatic rings. The normalized spacial score (nSPS) is 12.7. The summed E-state index contributed by atoms with van der Waals surface area (Å²) >= 11 is 0. The lowest BCUT2D eigenvalue weighted by Crippen LogP contribution is -2.04. The van der Waals surface area contributed by atoms with E-state index in [2.05, 4.69) is 4.98 Å². The fraction of sp³-hybridized carbons (Fsp3) is 0.154. The van der Waals surface area contributed by atoms with Crippen molar-refractivity contribution in [3.8, 4) is 11.1 Å². The van der Waals surface area contributed by atoms with Crippen LogP contribution in [0.4, 0.5) is 5.69 Å². The van der Waals surface area contributed by atoms with Crippen LogP contribution in [0.1, 0.15) is 11.1 Å². The Balaban J connectivity index is 2.22. The van der Waals surface area contributed by atoms with E-state index in [0.29, 0.717) is 0 Å². The average molecular weight is 226 g/mol. The number of aromatic nitrogens is 1. The molecule has 1 heterocycles. The highest BCUT2D eigenvalue weighted by molar-refractivity contribution is 5.74. The summed E-state index contributed by atoms with van der Waals surface area (Å²) in [6.07, 6.45) is 5.45. The first-order valence-corrected chi connectivity index (χ1v) is 5.46. The van der Waals surface area contributed by atoms with E-state index >= 15 is 0 Å². The third-order valence-corrected chi connectivity index (χ3v) is 3.16. The van der Waals surface area contributed by atoms with Gasteiger partial charge in [0.1, 0.15) is 0 Å². The van der Waals surface area contributed by atoms with E-state index in [1.807, 2.05) is 18.3 Å². The molecule has 84 valence electrons. The zero-order valence-electron chi connectivity index (χ0n) is 9.09. The van der Waals surface area contributed by atoms with Gasteiger partial charge < -0.3 is 0 Å². The summed E-state index contributed by atoms with van der Waals surface area (Å²) in [6.45, 7) is 0. The number of fused-ring (bicyclic) bond motifs is 3. The van der Waals surface area contributed by atoms with Gasteiger partial charge in [-0.15, -0.1) is 0 Å². The van der Waals surface area contributed by atoms with Crippen LogP contribution in [0, 0.1) is 10.1 Å². The fourth-order valence-corrected chi connectivity index (χ4v) is 2.31. The SMILES string of the molecule is O=[N+]([O-])c1ccc2c(c1)-c1ccncc1CC2. The summed E-state index contributed by atoms with van der Waals surface area (Å²) in [5.41, 5.74) is 4.54. The van der Waals surface area contributed by atoms with E-state index in [0.717, 1.165) is 24.0 Å². The van der Waals surface area contributed by atoms with Gasteiger partial charge in [-0.2, -0.15) is 0 Å². The molecule has 3 rings (SSSR count). The molecule has 1 aliphatic carbocycles. The van der Waals surface area contributed by atoms with Crippen LogP contribution < -0.4 is 0 Å². The molecular weight excluding hydrogens is 216 g/mol. The summed E-state index contributed by atoms with van der Waals surface area (Å²) in [7, 11) is 0. The van der Waals surface area contributed by atoms with E-state index in [9.17, 15) is 10.1 Å². The summed E-state index contributed by atoms with van der Waals surface area (Å²) in [6, 6.07) is 7.02. The molecule has 1 aromatic heterocycles. The standard InChI is InChI=1S/C13H10N2O2/c16-15(17)11-4-3-9-1-2-10-8-14-6-5-12(10)13(9)7-11/h3-8H,1-2H2. The molecule has 0 saturated heterocycles. The Morgan fingerprint density at radius 1 is 1.12 bits per heavy atom. The molecule has 0 bridgehead atoms. The van der Waals surface area contributed by atoms with Gasteiger partial charge in [-0.25, -0.2) is 0 Å². The number of nitro benzene ring substituents is 1. The van der Waals surface area contributed by atoms with Crippen molar-refractivity contribution in [1.82, 2.24) is 4.98 Å². The maximum absolute atomic E-state index is 10.8. The van der Waals surface area contributed by atoms with Gasteiger partial charge in [-0.3, -0.25) is 15.1 Å². The van der Waals surface area contributed by atoms with E-state index < -0.39 is 0 Å². The minimum atomic E-state index is -0.351. The molecule has 17 heavy (non-hydrogen) atoms. The van der Waals surface area contributed by atoms with Crippen LogP contribution in [0.25, 0.3) is 11.1 Å². The van der Waals surface area contributed by atoms with Gasteiger partial charge in [0.25, 0.3) is 5.69 Å². The summed E-state index contributed by atoms with van der Waals surface area (Å²) in [5, 5.41) is 10.8. The highest BCUT2D eigenvalue weighted by Gasteiger charge is 2.18. The second-order valence-corrected chi connectivity index (χ2v) is 4.13. The zero-order valence-corrected chi connectivity index (χ0v) is 9.09. The molecule has 0 N–H and O–H groups in total. The molecule has 0 spiro atoms. The Labute approximate surface area is 98.1 Å². The molecule has 0 fully saturated rings. The molecule has 0 saturated carbocycles. The lowest BCUT2D eigenvalue weighted by atomic mass is 9.86. The number of aryl methyl sites for hydroxylation is 2. The Bertz CT molecular complexity index is 608. The monoisotopic (exact) mass is 226 g/mol. The number of nitrogens with zero attached hydrogens (tertiary/aromatic N) is 2. The van der Waals surface area contributed by atoms with Crippen LogP contribution in [0.5, 0.6) is 0 Å².